The van der Waals surface area contributed by atoms with Crippen LogP contribution in [0, 0.1) is 11.8 Å². The predicted octanol–water partition coefficient (Wildman–Crippen LogP) is 1.92. The van der Waals surface area contributed by atoms with Gasteiger partial charge in [-0.3, -0.25) is 0 Å². The lowest BCUT2D eigenvalue weighted by Crippen LogP contribution is -2.38. The molecule has 1 N–H and O–H groups in total. The van der Waals surface area contributed by atoms with Crippen molar-refractivity contribution in [2.75, 3.05) is 13.2 Å². The molecule has 1 aromatic carbocycles. The Morgan fingerprint density at radius 3 is 2.57 bits per heavy atom. The molecule has 1 aromatic rings. The molecule has 0 saturated heterocycles. The molecule has 5 nitrogen and oxygen atoms in total. The van der Waals surface area contributed by atoms with Gasteiger partial charge in [0.2, 0.25) is 10.0 Å². The number of nitrogens with one attached hydrogen (secondary N) is 1. The highest BCUT2D eigenvalue weighted by atomic mass is 32.2. The Kier molecular flexibility index (Phi) is 3.11. The number of benzene rings is 1. The zero-order chi connectivity index (χ0) is 14.4. The highest BCUT2D eigenvalue weighted by Gasteiger charge is 2.41. The van der Waals surface area contributed by atoms with Crippen molar-refractivity contribution in [3.8, 4) is 11.5 Å². The van der Waals surface area contributed by atoms with Gasteiger partial charge in [0.25, 0.3) is 0 Å². The molecule has 1 aliphatic heterocycles. The van der Waals surface area contributed by atoms with Crippen LogP contribution < -0.4 is 14.2 Å². The van der Waals surface area contributed by atoms with E-state index in [0.29, 0.717) is 36.5 Å². The first kappa shape index (κ1) is 13.4. The quantitative estimate of drug-likeness (QED) is 0.926. The second-order valence-corrected chi connectivity index (χ2v) is 7.92. The third-order valence-corrected chi connectivity index (χ3v) is 6.36. The van der Waals surface area contributed by atoms with Crippen molar-refractivity contribution in [1.82, 2.24) is 4.72 Å². The molecule has 0 spiro atoms. The van der Waals surface area contributed by atoms with Crippen molar-refractivity contribution in [1.29, 1.82) is 0 Å². The first-order valence-electron chi connectivity index (χ1n) is 7.54. The lowest BCUT2D eigenvalue weighted by Gasteiger charge is -2.23. The number of sulfonamides is 1. The van der Waals surface area contributed by atoms with Gasteiger partial charge in [0.1, 0.15) is 13.2 Å². The molecular weight excluding hydrogens is 290 g/mol. The van der Waals surface area contributed by atoms with Crippen LogP contribution in [0.2, 0.25) is 0 Å². The summed E-state index contributed by atoms with van der Waals surface area (Å²) in [6, 6.07) is 4.92. The molecule has 114 valence electrons. The molecular formula is C15H19NO4S. The van der Waals surface area contributed by atoms with Crippen LogP contribution in [0.3, 0.4) is 0 Å². The summed E-state index contributed by atoms with van der Waals surface area (Å²) >= 11 is 0. The third kappa shape index (κ3) is 2.40. The van der Waals surface area contributed by atoms with Crippen LogP contribution in [-0.2, 0) is 10.0 Å². The normalized spacial score (nSPS) is 30.6. The summed E-state index contributed by atoms with van der Waals surface area (Å²) in [5.74, 6) is 2.35. The van der Waals surface area contributed by atoms with Crippen molar-refractivity contribution in [3.63, 3.8) is 0 Å². The van der Waals surface area contributed by atoms with E-state index in [2.05, 4.69) is 4.72 Å². The summed E-state index contributed by atoms with van der Waals surface area (Å²) in [5.41, 5.74) is 0. The van der Waals surface area contributed by atoms with Gasteiger partial charge in [-0.1, -0.05) is 6.42 Å². The summed E-state index contributed by atoms with van der Waals surface area (Å²) < 4.78 is 38.9. The molecule has 2 aliphatic carbocycles. The predicted molar refractivity (Wildman–Crippen MR) is 77.0 cm³/mol. The first-order chi connectivity index (χ1) is 10.1. The minimum atomic E-state index is -3.49. The zero-order valence-electron chi connectivity index (χ0n) is 11.7. The standard InChI is InChI=1S/C15H19NO4S/c17-21(18,16-13-8-10-1-2-11(13)7-10)12-3-4-14-15(9-12)20-6-5-19-14/h3-4,9-11,13,16H,1-2,5-8H2/t10-,11-,13+/m0/s1. The van der Waals surface area contributed by atoms with E-state index in [-0.39, 0.29) is 10.9 Å². The Labute approximate surface area is 124 Å². The summed E-state index contributed by atoms with van der Waals surface area (Å²) in [7, 11) is -3.49. The first-order valence-corrected chi connectivity index (χ1v) is 9.02. The number of hydrogen-bond acceptors (Lipinski definition) is 4. The molecule has 2 saturated carbocycles. The lowest BCUT2D eigenvalue weighted by atomic mass is 9.96. The van der Waals surface area contributed by atoms with E-state index in [1.165, 1.54) is 12.8 Å². The summed E-state index contributed by atoms with van der Waals surface area (Å²) in [5, 5.41) is 0. The number of rotatable bonds is 3. The zero-order valence-corrected chi connectivity index (χ0v) is 12.6. The Balaban J connectivity index is 1.57. The summed E-state index contributed by atoms with van der Waals surface area (Å²) in [6.45, 7) is 0.957. The molecule has 2 bridgehead atoms. The fraction of sp³-hybridized carbons (Fsp3) is 0.600. The van der Waals surface area contributed by atoms with Gasteiger partial charge in [0.15, 0.2) is 11.5 Å². The van der Waals surface area contributed by atoms with Crippen molar-refractivity contribution in [2.45, 2.75) is 36.6 Å². The molecule has 6 heteroatoms. The maximum Gasteiger partial charge on any atom is 0.240 e. The molecule has 0 radical (unpaired) electrons. The van der Waals surface area contributed by atoms with E-state index in [0.717, 1.165) is 12.8 Å². The average molecular weight is 309 g/mol. The van der Waals surface area contributed by atoms with E-state index in [4.69, 9.17) is 9.47 Å². The van der Waals surface area contributed by atoms with Crippen LogP contribution in [0.15, 0.2) is 23.1 Å². The molecule has 0 aromatic heterocycles. The Bertz CT molecular complexity index is 658. The van der Waals surface area contributed by atoms with E-state index in [9.17, 15) is 8.42 Å². The maximum atomic E-state index is 12.5. The molecule has 3 atom stereocenters. The van der Waals surface area contributed by atoms with Crippen molar-refractivity contribution in [3.05, 3.63) is 18.2 Å². The van der Waals surface area contributed by atoms with E-state index >= 15 is 0 Å². The molecule has 3 aliphatic rings. The van der Waals surface area contributed by atoms with Gasteiger partial charge in [0, 0.05) is 12.1 Å². The molecule has 4 rings (SSSR count). The van der Waals surface area contributed by atoms with Gasteiger partial charge in [-0.2, -0.15) is 0 Å². The van der Waals surface area contributed by atoms with Crippen molar-refractivity contribution in [2.24, 2.45) is 11.8 Å². The molecule has 0 unspecified atom stereocenters. The molecule has 2 fully saturated rings. The highest BCUT2D eigenvalue weighted by Crippen LogP contribution is 2.45. The number of ether oxygens (including phenoxy) is 2. The molecule has 21 heavy (non-hydrogen) atoms. The minimum absolute atomic E-state index is 0.0990. The van der Waals surface area contributed by atoms with Crippen LogP contribution in [0.5, 0.6) is 11.5 Å². The molecule has 0 amide bonds. The van der Waals surface area contributed by atoms with Crippen LogP contribution in [0.1, 0.15) is 25.7 Å². The second kappa shape index (κ2) is 4.88. The molecule has 1 heterocycles. The monoisotopic (exact) mass is 309 g/mol. The van der Waals surface area contributed by atoms with Crippen molar-refractivity contribution >= 4 is 10.0 Å². The minimum Gasteiger partial charge on any atom is -0.486 e. The SMILES string of the molecule is O=S(=O)(N[C@@H]1C[C@H]2CC[C@H]1C2)c1ccc2c(c1)OCCO2. The van der Waals surface area contributed by atoms with E-state index < -0.39 is 10.0 Å². The van der Waals surface area contributed by atoms with E-state index in [1.807, 2.05) is 0 Å². The summed E-state index contributed by atoms with van der Waals surface area (Å²) in [4.78, 5) is 0.259. The fourth-order valence-corrected chi connectivity index (χ4v) is 5.18. The largest absolute Gasteiger partial charge is 0.486 e. The fourth-order valence-electron chi connectivity index (χ4n) is 3.85. The summed E-state index contributed by atoms with van der Waals surface area (Å²) in [6.07, 6.45) is 4.56. The average Bonchev–Trinajstić information content (AvgIpc) is 3.09. The highest BCUT2D eigenvalue weighted by molar-refractivity contribution is 7.89. The van der Waals surface area contributed by atoms with Gasteiger partial charge in [0.05, 0.1) is 4.90 Å². The van der Waals surface area contributed by atoms with Crippen LogP contribution in [0.4, 0.5) is 0 Å². The number of hydrogen-bond donors (Lipinski definition) is 1. The van der Waals surface area contributed by atoms with Crippen LogP contribution >= 0.6 is 0 Å². The van der Waals surface area contributed by atoms with Crippen LogP contribution in [0.25, 0.3) is 0 Å². The van der Waals surface area contributed by atoms with Gasteiger partial charge in [-0.05, 0) is 43.2 Å². The van der Waals surface area contributed by atoms with Crippen LogP contribution in [-0.4, -0.2) is 27.7 Å². The third-order valence-electron chi connectivity index (χ3n) is 4.87. The van der Waals surface area contributed by atoms with Crippen molar-refractivity contribution < 1.29 is 17.9 Å². The Morgan fingerprint density at radius 2 is 1.86 bits per heavy atom. The van der Waals surface area contributed by atoms with Gasteiger partial charge in [-0.15, -0.1) is 0 Å². The number of fused-ring (bicyclic) bond motifs is 3. The smallest absolute Gasteiger partial charge is 0.240 e. The Morgan fingerprint density at radius 1 is 1.05 bits per heavy atom. The Hall–Kier alpha value is -1.27. The lowest BCUT2D eigenvalue weighted by molar-refractivity contribution is 0.171. The van der Waals surface area contributed by atoms with Gasteiger partial charge >= 0.3 is 0 Å². The van der Waals surface area contributed by atoms with Gasteiger partial charge < -0.3 is 9.47 Å². The topological polar surface area (TPSA) is 64.6 Å². The second-order valence-electron chi connectivity index (χ2n) is 6.21. The maximum absolute atomic E-state index is 12.5. The van der Waals surface area contributed by atoms with Gasteiger partial charge in [-0.25, -0.2) is 13.1 Å². The van der Waals surface area contributed by atoms with E-state index in [1.54, 1.807) is 18.2 Å².